The molecule has 2 aromatic carbocycles. The van der Waals surface area contributed by atoms with Crippen LogP contribution in [-0.4, -0.2) is 9.85 Å². The van der Waals surface area contributed by atoms with Crippen molar-refractivity contribution in [1.29, 1.82) is 0 Å². The molecule has 132 valence electrons. The van der Waals surface area contributed by atoms with Gasteiger partial charge in [0, 0.05) is 34.7 Å². The number of nitro groups is 2. The molecule has 2 aliphatic rings. The highest BCUT2D eigenvalue weighted by molar-refractivity contribution is 6.31. The van der Waals surface area contributed by atoms with Gasteiger partial charge >= 0.3 is 0 Å². The van der Waals surface area contributed by atoms with Crippen LogP contribution in [-0.2, 0) is 0 Å². The van der Waals surface area contributed by atoms with Crippen LogP contribution < -0.4 is 5.32 Å². The van der Waals surface area contributed by atoms with E-state index in [4.69, 9.17) is 11.6 Å². The van der Waals surface area contributed by atoms with Crippen molar-refractivity contribution in [2.24, 2.45) is 5.92 Å². The maximum atomic E-state index is 11.5. The Morgan fingerprint density at radius 1 is 1.08 bits per heavy atom. The Hall–Kier alpha value is -2.93. The molecule has 0 saturated carbocycles. The summed E-state index contributed by atoms with van der Waals surface area (Å²) < 4.78 is 0. The molecule has 0 aromatic heterocycles. The second-order valence-corrected chi connectivity index (χ2v) is 6.84. The van der Waals surface area contributed by atoms with Crippen molar-refractivity contribution < 1.29 is 9.85 Å². The molecule has 1 aliphatic heterocycles. The molecule has 0 fully saturated rings. The summed E-state index contributed by atoms with van der Waals surface area (Å²) >= 11 is 6.34. The van der Waals surface area contributed by atoms with E-state index in [9.17, 15) is 20.2 Å². The number of para-hydroxylation sites is 1. The lowest BCUT2D eigenvalue weighted by Gasteiger charge is -2.37. The van der Waals surface area contributed by atoms with E-state index in [1.165, 1.54) is 24.3 Å². The van der Waals surface area contributed by atoms with Crippen molar-refractivity contribution >= 4 is 28.7 Å². The molecule has 3 atom stereocenters. The summed E-state index contributed by atoms with van der Waals surface area (Å²) in [4.78, 5) is 21.7. The second kappa shape index (κ2) is 6.10. The first-order valence-corrected chi connectivity index (χ1v) is 8.49. The molecule has 0 bridgehead atoms. The molecule has 1 heterocycles. The number of hydrogen-bond donors (Lipinski definition) is 1. The molecule has 4 rings (SSSR count). The molecule has 2 aromatic rings. The van der Waals surface area contributed by atoms with Crippen molar-refractivity contribution in [2.45, 2.75) is 18.4 Å². The third kappa shape index (κ3) is 2.52. The first-order chi connectivity index (χ1) is 12.5. The van der Waals surface area contributed by atoms with E-state index in [2.05, 4.69) is 5.32 Å². The van der Waals surface area contributed by atoms with Gasteiger partial charge in [-0.3, -0.25) is 20.2 Å². The maximum Gasteiger partial charge on any atom is 0.292 e. The van der Waals surface area contributed by atoms with Crippen molar-refractivity contribution in [3.8, 4) is 0 Å². The Balaban J connectivity index is 1.86. The first kappa shape index (κ1) is 16.5. The average Bonchev–Trinajstić information content (AvgIpc) is 3.10. The molecule has 8 heteroatoms. The lowest BCUT2D eigenvalue weighted by Crippen LogP contribution is -2.29. The van der Waals surface area contributed by atoms with Gasteiger partial charge in [-0.05, 0) is 24.0 Å². The highest BCUT2D eigenvalue weighted by Crippen LogP contribution is 2.53. The molecule has 0 saturated heterocycles. The Morgan fingerprint density at radius 3 is 2.62 bits per heavy atom. The van der Waals surface area contributed by atoms with Gasteiger partial charge < -0.3 is 5.32 Å². The number of benzene rings is 2. The molecular weight excluding hydrogens is 358 g/mol. The zero-order valence-corrected chi connectivity index (χ0v) is 14.2. The van der Waals surface area contributed by atoms with Crippen molar-refractivity contribution in [2.75, 3.05) is 5.32 Å². The maximum absolute atomic E-state index is 11.5. The molecular formula is C18H14ClN3O4. The highest BCUT2D eigenvalue weighted by atomic mass is 35.5. The number of hydrogen-bond acceptors (Lipinski definition) is 5. The normalized spacial score (nSPS) is 23.0. The minimum Gasteiger partial charge on any atom is -0.372 e. The number of nitrogens with one attached hydrogen (secondary N) is 1. The fourth-order valence-electron chi connectivity index (χ4n) is 3.95. The van der Waals surface area contributed by atoms with Crippen LogP contribution in [0.5, 0.6) is 0 Å². The van der Waals surface area contributed by atoms with E-state index in [1.807, 2.05) is 18.2 Å². The molecule has 0 amide bonds. The Bertz CT molecular complexity index is 959. The van der Waals surface area contributed by atoms with E-state index in [1.54, 1.807) is 6.07 Å². The van der Waals surface area contributed by atoms with Crippen molar-refractivity contribution in [3.05, 3.63) is 84.9 Å². The molecule has 26 heavy (non-hydrogen) atoms. The third-order valence-electron chi connectivity index (χ3n) is 5.10. The van der Waals surface area contributed by atoms with Gasteiger partial charge in [0.1, 0.15) is 5.69 Å². The van der Waals surface area contributed by atoms with Gasteiger partial charge in [0.25, 0.3) is 11.4 Å². The average molecular weight is 372 g/mol. The molecule has 0 radical (unpaired) electrons. The van der Waals surface area contributed by atoms with Gasteiger partial charge in [-0.25, -0.2) is 0 Å². The Labute approximate surface area is 153 Å². The molecule has 7 nitrogen and oxygen atoms in total. The van der Waals surface area contributed by atoms with Crippen LogP contribution in [0.15, 0.2) is 48.6 Å². The van der Waals surface area contributed by atoms with Crippen molar-refractivity contribution in [1.82, 2.24) is 0 Å². The predicted octanol–water partition coefficient (Wildman–Crippen LogP) is 4.98. The topological polar surface area (TPSA) is 98.3 Å². The summed E-state index contributed by atoms with van der Waals surface area (Å²) in [5.41, 5.74) is 1.85. The Kier molecular flexibility index (Phi) is 3.88. The van der Waals surface area contributed by atoms with Gasteiger partial charge in [0.2, 0.25) is 0 Å². The zero-order valence-electron chi connectivity index (χ0n) is 13.5. The number of allylic oxidation sites excluding steroid dienone is 2. The van der Waals surface area contributed by atoms with Crippen LogP contribution in [0.2, 0.25) is 5.02 Å². The van der Waals surface area contributed by atoms with Crippen LogP contribution in [0, 0.1) is 26.1 Å². The summed E-state index contributed by atoms with van der Waals surface area (Å²) in [6.07, 6.45) is 4.86. The lowest BCUT2D eigenvalue weighted by molar-refractivity contribution is -0.384. The smallest absolute Gasteiger partial charge is 0.292 e. The number of rotatable bonds is 3. The van der Waals surface area contributed by atoms with E-state index in [0.717, 1.165) is 12.0 Å². The molecule has 1 N–H and O–H groups in total. The highest BCUT2D eigenvalue weighted by Gasteiger charge is 2.41. The van der Waals surface area contributed by atoms with E-state index < -0.39 is 9.85 Å². The van der Waals surface area contributed by atoms with Gasteiger partial charge in [0.05, 0.1) is 15.9 Å². The third-order valence-corrected chi connectivity index (χ3v) is 5.44. The van der Waals surface area contributed by atoms with Crippen molar-refractivity contribution in [3.63, 3.8) is 0 Å². The number of fused-ring (bicyclic) bond motifs is 3. The molecule has 0 spiro atoms. The predicted molar refractivity (Wildman–Crippen MR) is 97.6 cm³/mol. The van der Waals surface area contributed by atoms with Gasteiger partial charge in [-0.1, -0.05) is 35.9 Å². The quantitative estimate of drug-likeness (QED) is 0.466. The van der Waals surface area contributed by atoms with Gasteiger partial charge in [0.15, 0.2) is 0 Å². The zero-order chi connectivity index (χ0) is 18.4. The van der Waals surface area contributed by atoms with Gasteiger partial charge in [-0.2, -0.15) is 0 Å². The van der Waals surface area contributed by atoms with Crippen LogP contribution in [0.3, 0.4) is 0 Å². The van der Waals surface area contributed by atoms with Crippen LogP contribution in [0.25, 0.3) is 0 Å². The second-order valence-electron chi connectivity index (χ2n) is 6.44. The number of non-ortho nitro benzene ring substituents is 1. The monoisotopic (exact) mass is 371 g/mol. The van der Waals surface area contributed by atoms with E-state index >= 15 is 0 Å². The SMILES string of the molecule is O=[N+]([O-])c1ccc(Cl)c(C2Nc3c(cccc3[N+](=O)[O-])[C@@H]3C=CC[C@H]23)c1. The summed E-state index contributed by atoms with van der Waals surface area (Å²) in [7, 11) is 0. The number of anilines is 1. The number of nitrogens with zero attached hydrogens (tertiary/aromatic N) is 2. The van der Waals surface area contributed by atoms with Crippen LogP contribution >= 0.6 is 11.6 Å². The summed E-state index contributed by atoms with van der Waals surface area (Å²) in [6, 6.07) is 8.98. The summed E-state index contributed by atoms with van der Waals surface area (Å²) in [6.45, 7) is 0. The summed E-state index contributed by atoms with van der Waals surface area (Å²) in [5, 5.41) is 26.3. The van der Waals surface area contributed by atoms with Crippen LogP contribution in [0.1, 0.15) is 29.5 Å². The Morgan fingerprint density at radius 2 is 1.88 bits per heavy atom. The van der Waals surface area contributed by atoms with Crippen LogP contribution in [0.4, 0.5) is 17.1 Å². The van der Waals surface area contributed by atoms with E-state index in [-0.39, 0.29) is 29.3 Å². The molecule has 1 unspecified atom stereocenters. The molecule has 1 aliphatic carbocycles. The fraction of sp³-hybridized carbons (Fsp3) is 0.222. The van der Waals surface area contributed by atoms with E-state index in [0.29, 0.717) is 16.3 Å². The fourth-order valence-corrected chi connectivity index (χ4v) is 4.18. The number of halogens is 1. The van der Waals surface area contributed by atoms with Gasteiger partial charge in [-0.15, -0.1) is 0 Å². The minimum atomic E-state index is -0.469. The standard InChI is InChI=1S/C18H14ClN3O4/c19-15-8-7-10(21(23)24)9-14(15)17-12-4-1-3-11(12)13-5-2-6-16(22(25)26)18(13)20-17/h1-3,5-9,11-12,17,20H,4H2/t11-,12+,17?/m1/s1. The largest absolute Gasteiger partial charge is 0.372 e. The number of nitro benzene ring substituents is 2. The first-order valence-electron chi connectivity index (χ1n) is 8.11. The minimum absolute atomic E-state index is 0.00600. The lowest BCUT2D eigenvalue weighted by atomic mass is 9.76. The summed E-state index contributed by atoms with van der Waals surface area (Å²) in [5.74, 6) is 0.0930.